The van der Waals surface area contributed by atoms with Crippen LogP contribution in [0.15, 0.2) is 60.7 Å². The molecular formula is C23H31N3O. The van der Waals surface area contributed by atoms with Gasteiger partial charge in [-0.3, -0.25) is 4.79 Å². The Morgan fingerprint density at radius 3 is 2.07 bits per heavy atom. The first kappa shape index (κ1) is 19.6. The predicted molar refractivity (Wildman–Crippen MR) is 110 cm³/mol. The number of benzene rings is 2. The molecule has 2 aromatic rings. The van der Waals surface area contributed by atoms with Crippen molar-refractivity contribution in [2.45, 2.75) is 31.1 Å². The van der Waals surface area contributed by atoms with Gasteiger partial charge in [-0.1, -0.05) is 67.1 Å². The van der Waals surface area contributed by atoms with Crippen molar-refractivity contribution in [3.8, 4) is 0 Å². The summed E-state index contributed by atoms with van der Waals surface area (Å²) in [5, 5.41) is 0. The molecule has 1 atom stereocenters. The predicted octanol–water partition coefficient (Wildman–Crippen LogP) is 2.91. The van der Waals surface area contributed by atoms with Crippen molar-refractivity contribution in [1.82, 2.24) is 4.90 Å². The minimum absolute atomic E-state index is 0.175. The van der Waals surface area contributed by atoms with Crippen molar-refractivity contribution < 1.29 is 4.79 Å². The summed E-state index contributed by atoms with van der Waals surface area (Å²) in [6.07, 6.45) is 4.38. The average molecular weight is 366 g/mol. The van der Waals surface area contributed by atoms with E-state index in [4.69, 9.17) is 11.5 Å². The quantitative estimate of drug-likeness (QED) is 0.671. The fourth-order valence-electron chi connectivity index (χ4n) is 4.57. The van der Waals surface area contributed by atoms with E-state index in [1.165, 1.54) is 0 Å². The van der Waals surface area contributed by atoms with Crippen LogP contribution in [0.25, 0.3) is 0 Å². The molecule has 0 saturated carbocycles. The molecule has 3 rings (SSSR count). The fourth-order valence-corrected chi connectivity index (χ4v) is 4.57. The number of nitrogens with two attached hydrogens (primary N) is 2. The van der Waals surface area contributed by atoms with Crippen LogP contribution in [0.5, 0.6) is 0 Å². The lowest BCUT2D eigenvalue weighted by Gasteiger charge is -2.37. The van der Waals surface area contributed by atoms with Crippen molar-refractivity contribution in [3.63, 3.8) is 0 Å². The Bertz CT molecular complexity index is 677. The molecule has 4 heteroatoms. The first-order valence-corrected chi connectivity index (χ1v) is 10.0. The zero-order valence-corrected chi connectivity index (χ0v) is 16.0. The van der Waals surface area contributed by atoms with Crippen LogP contribution in [-0.2, 0) is 10.2 Å². The maximum absolute atomic E-state index is 13.0. The van der Waals surface area contributed by atoms with Gasteiger partial charge in [0.05, 0.1) is 0 Å². The van der Waals surface area contributed by atoms with Crippen molar-refractivity contribution in [2.75, 3.05) is 26.2 Å². The van der Waals surface area contributed by atoms with E-state index >= 15 is 0 Å². The number of hydrogen-bond acceptors (Lipinski definition) is 3. The van der Waals surface area contributed by atoms with Gasteiger partial charge in [0.25, 0.3) is 0 Å². The molecule has 4 nitrogen and oxygen atoms in total. The summed E-state index contributed by atoms with van der Waals surface area (Å²) in [5.41, 5.74) is 12.9. The average Bonchev–Trinajstić information content (AvgIpc) is 3.16. The third kappa shape index (κ3) is 4.07. The van der Waals surface area contributed by atoms with Crippen molar-refractivity contribution in [2.24, 2.45) is 17.4 Å². The number of carbonyl (C=O) groups is 1. The number of hydrogen-bond donors (Lipinski definition) is 2. The summed E-state index contributed by atoms with van der Waals surface area (Å²) in [7, 11) is 0. The lowest BCUT2D eigenvalue weighted by Crippen LogP contribution is -2.49. The Morgan fingerprint density at radius 1 is 0.963 bits per heavy atom. The molecule has 1 heterocycles. The molecule has 1 aliphatic rings. The van der Waals surface area contributed by atoms with Gasteiger partial charge in [0.2, 0.25) is 5.91 Å². The van der Waals surface area contributed by atoms with Crippen LogP contribution >= 0.6 is 0 Å². The van der Waals surface area contributed by atoms with E-state index < -0.39 is 5.41 Å². The zero-order chi connectivity index (χ0) is 19.1. The second kappa shape index (κ2) is 9.16. The number of amides is 1. The molecule has 1 aliphatic heterocycles. The summed E-state index contributed by atoms with van der Waals surface area (Å²) in [6.45, 7) is 3.74. The van der Waals surface area contributed by atoms with Crippen molar-refractivity contribution >= 4 is 5.91 Å². The fraction of sp³-hybridized carbons (Fsp3) is 0.435. The standard InChI is InChI=1S/C23H31N3O/c24-15-8-3-9-16-26-17-14-21(18-26)23(22(25)27,19-10-4-1-5-11-19)20-12-6-2-7-13-20/h1-2,4-7,10-13,21H,3,8-9,14-18,24H2,(H2,25,27). The third-order valence-electron chi connectivity index (χ3n) is 5.91. The molecule has 0 bridgehead atoms. The van der Waals surface area contributed by atoms with E-state index in [0.717, 1.165) is 63.0 Å². The number of rotatable bonds is 9. The normalized spacial score (nSPS) is 17.9. The molecule has 0 radical (unpaired) electrons. The number of carbonyl (C=O) groups excluding carboxylic acids is 1. The summed E-state index contributed by atoms with van der Waals surface area (Å²) in [6, 6.07) is 20.1. The molecule has 0 aromatic heterocycles. The van der Waals surface area contributed by atoms with Crippen LogP contribution in [0.1, 0.15) is 36.8 Å². The van der Waals surface area contributed by atoms with Crippen LogP contribution < -0.4 is 11.5 Å². The SMILES string of the molecule is NCCCCCN1CCC(C(C(N)=O)(c2ccccc2)c2ccccc2)C1. The Hall–Kier alpha value is -2.17. The molecule has 4 N–H and O–H groups in total. The number of likely N-dealkylation sites (tertiary alicyclic amines) is 1. The van der Waals surface area contributed by atoms with Gasteiger partial charge in [-0.15, -0.1) is 0 Å². The third-order valence-corrected chi connectivity index (χ3v) is 5.91. The molecule has 144 valence electrons. The largest absolute Gasteiger partial charge is 0.369 e. The van der Waals surface area contributed by atoms with E-state index in [2.05, 4.69) is 4.90 Å². The van der Waals surface area contributed by atoms with Gasteiger partial charge >= 0.3 is 0 Å². The van der Waals surface area contributed by atoms with E-state index in [9.17, 15) is 4.79 Å². The maximum Gasteiger partial charge on any atom is 0.232 e. The molecule has 1 amide bonds. The van der Waals surface area contributed by atoms with Gasteiger partial charge < -0.3 is 16.4 Å². The van der Waals surface area contributed by atoms with E-state index in [1.54, 1.807) is 0 Å². The second-order valence-corrected chi connectivity index (χ2v) is 7.54. The zero-order valence-electron chi connectivity index (χ0n) is 16.0. The molecule has 1 unspecified atom stereocenters. The van der Waals surface area contributed by atoms with Gasteiger partial charge in [0.15, 0.2) is 0 Å². The highest BCUT2D eigenvalue weighted by Gasteiger charge is 2.49. The van der Waals surface area contributed by atoms with E-state index in [-0.39, 0.29) is 11.8 Å². The summed E-state index contributed by atoms with van der Waals surface area (Å²) < 4.78 is 0. The Morgan fingerprint density at radius 2 is 1.56 bits per heavy atom. The molecular weight excluding hydrogens is 334 g/mol. The number of nitrogens with zero attached hydrogens (tertiary/aromatic N) is 1. The molecule has 1 saturated heterocycles. The van der Waals surface area contributed by atoms with Crippen molar-refractivity contribution in [3.05, 3.63) is 71.8 Å². The van der Waals surface area contributed by atoms with Crippen LogP contribution in [0.2, 0.25) is 0 Å². The van der Waals surface area contributed by atoms with Crippen LogP contribution in [0.4, 0.5) is 0 Å². The van der Waals surface area contributed by atoms with Gasteiger partial charge in [0, 0.05) is 6.54 Å². The Labute approximate surface area is 162 Å². The molecule has 0 spiro atoms. The molecule has 0 aliphatic carbocycles. The van der Waals surface area contributed by atoms with Crippen LogP contribution in [0, 0.1) is 5.92 Å². The van der Waals surface area contributed by atoms with Crippen LogP contribution in [0.3, 0.4) is 0 Å². The summed E-state index contributed by atoms with van der Waals surface area (Å²) in [5.74, 6) is -0.0795. The lowest BCUT2D eigenvalue weighted by molar-refractivity contribution is -0.123. The van der Waals surface area contributed by atoms with Gasteiger partial charge in [-0.25, -0.2) is 0 Å². The van der Waals surface area contributed by atoms with Gasteiger partial charge in [0.1, 0.15) is 5.41 Å². The maximum atomic E-state index is 13.0. The first-order chi connectivity index (χ1) is 13.2. The topological polar surface area (TPSA) is 72.3 Å². The first-order valence-electron chi connectivity index (χ1n) is 10.0. The molecule has 1 fully saturated rings. The number of unbranched alkanes of at least 4 members (excludes halogenated alkanes) is 2. The van der Waals surface area contributed by atoms with E-state index in [0.29, 0.717) is 0 Å². The summed E-state index contributed by atoms with van der Waals surface area (Å²) in [4.78, 5) is 15.5. The monoisotopic (exact) mass is 365 g/mol. The van der Waals surface area contributed by atoms with E-state index in [1.807, 2.05) is 60.7 Å². The van der Waals surface area contributed by atoms with Crippen molar-refractivity contribution in [1.29, 1.82) is 0 Å². The molecule has 2 aromatic carbocycles. The summed E-state index contributed by atoms with van der Waals surface area (Å²) >= 11 is 0. The van der Waals surface area contributed by atoms with Crippen LogP contribution in [-0.4, -0.2) is 37.0 Å². The molecule has 27 heavy (non-hydrogen) atoms. The highest BCUT2D eigenvalue weighted by Crippen LogP contribution is 2.43. The highest BCUT2D eigenvalue weighted by molar-refractivity contribution is 5.91. The lowest BCUT2D eigenvalue weighted by atomic mass is 9.64. The second-order valence-electron chi connectivity index (χ2n) is 7.54. The Balaban J connectivity index is 1.91. The Kier molecular flexibility index (Phi) is 6.64. The minimum atomic E-state index is -0.783. The highest BCUT2D eigenvalue weighted by atomic mass is 16.1. The minimum Gasteiger partial charge on any atom is -0.369 e. The van der Waals surface area contributed by atoms with Gasteiger partial charge in [-0.2, -0.15) is 0 Å². The smallest absolute Gasteiger partial charge is 0.232 e. The number of primary amides is 1. The van der Waals surface area contributed by atoms with Gasteiger partial charge in [-0.05, 0) is 55.9 Å².